The number of aliphatic hydroxyl groups excluding tert-OH is 1. The van der Waals surface area contributed by atoms with Gasteiger partial charge in [-0.1, -0.05) is 12.1 Å². The average molecular weight is 367 g/mol. The van der Waals surface area contributed by atoms with Gasteiger partial charge in [-0.2, -0.15) is 13.2 Å². The third-order valence-corrected chi connectivity index (χ3v) is 4.39. The Bertz CT molecular complexity index is 750. The number of aliphatic hydroxyl groups is 1. The van der Waals surface area contributed by atoms with E-state index in [9.17, 15) is 18.3 Å². The summed E-state index contributed by atoms with van der Waals surface area (Å²) >= 11 is 0. The number of halogens is 3. The van der Waals surface area contributed by atoms with Crippen LogP contribution in [-0.2, 0) is 12.8 Å². The number of hydrogen-bond acceptors (Lipinski definition) is 5. The molecule has 3 rings (SSSR count). The Morgan fingerprint density at radius 3 is 2.65 bits per heavy atom. The molecule has 1 aromatic carbocycles. The highest BCUT2D eigenvalue weighted by molar-refractivity contribution is 5.37. The van der Waals surface area contributed by atoms with Crippen molar-refractivity contribution in [1.29, 1.82) is 0 Å². The molecule has 0 spiro atoms. The van der Waals surface area contributed by atoms with Crippen molar-refractivity contribution in [3.63, 3.8) is 0 Å². The maximum Gasteiger partial charge on any atom is 0.416 e. The Morgan fingerprint density at radius 2 is 2.00 bits per heavy atom. The van der Waals surface area contributed by atoms with Crippen molar-refractivity contribution < 1.29 is 23.0 Å². The van der Waals surface area contributed by atoms with E-state index in [2.05, 4.69) is 9.97 Å². The summed E-state index contributed by atoms with van der Waals surface area (Å²) in [7, 11) is 0. The van der Waals surface area contributed by atoms with Crippen LogP contribution in [0.2, 0.25) is 0 Å². The highest BCUT2D eigenvalue weighted by Gasteiger charge is 2.33. The zero-order valence-electron chi connectivity index (χ0n) is 14.3. The molecule has 5 nitrogen and oxygen atoms in total. The Morgan fingerprint density at radius 1 is 1.27 bits per heavy atom. The monoisotopic (exact) mass is 367 g/mol. The van der Waals surface area contributed by atoms with E-state index in [1.165, 1.54) is 18.5 Å². The SMILES string of the molecule is Cc1cccc(C(F)(F)F)c1COc1cnc(N2CCC[C@H](O)C2)nc1. The summed E-state index contributed by atoms with van der Waals surface area (Å²) in [5.41, 5.74) is -0.0831. The van der Waals surface area contributed by atoms with Gasteiger partial charge in [0, 0.05) is 18.7 Å². The lowest BCUT2D eigenvalue weighted by atomic mass is 10.0. The van der Waals surface area contributed by atoms with Gasteiger partial charge < -0.3 is 14.7 Å². The fourth-order valence-electron chi connectivity index (χ4n) is 3.00. The van der Waals surface area contributed by atoms with Crippen molar-refractivity contribution in [3.05, 3.63) is 47.3 Å². The maximum absolute atomic E-state index is 13.1. The minimum Gasteiger partial charge on any atom is -0.486 e. The summed E-state index contributed by atoms with van der Waals surface area (Å²) in [5.74, 6) is 0.769. The van der Waals surface area contributed by atoms with E-state index >= 15 is 0 Å². The quantitative estimate of drug-likeness (QED) is 0.898. The molecule has 1 N–H and O–H groups in total. The zero-order chi connectivity index (χ0) is 18.7. The summed E-state index contributed by atoms with van der Waals surface area (Å²) in [6.45, 7) is 2.63. The molecule has 1 fully saturated rings. The molecule has 8 heteroatoms. The van der Waals surface area contributed by atoms with Crippen molar-refractivity contribution in [1.82, 2.24) is 9.97 Å². The summed E-state index contributed by atoms with van der Waals surface area (Å²) < 4.78 is 44.9. The Balaban J connectivity index is 1.69. The van der Waals surface area contributed by atoms with Gasteiger partial charge in [0.25, 0.3) is 0 Å². The molecule has 0 amide bonds. The summed E-state index contributed by atoms with van der Waals surface area (Å²) in [6.07, 6.45) is -0.333. The lowest BCUT2D eigenvalue weighted by Gasteiger charge is -2.29. The molecule has 1 aliphatic rings. The molecule has 0 radical (unpaired) electrons. The Labute approximate surface area is 149 Å². The van der Waals surface area contributed by atoms with Gasteiger partial charge >= 0.3 is 6.18 Å². The van der Waals surface area contributed by atoms with Gasteiger partial charge in [-0.3, -0.25) is 0 Å². The molecular formula is C18H20F3N3O2. The van der Waals surface area contributed by atoms with Crippen LogP contribution in [0.25, 0.3) is 0 Å². The van der Waals surface area contributed by atoms with Crippen LogP contribution in [0.3, 0.4) is 0 Å². The van der Waals surface area contributed by atoms with Gasteiger partial charge in [-0.15, -0.1) is 0 Å². The van der Waals surface area contributed by atoms with Gasteiger partial charge in [0.05, 0.1) is 24.1 Å². The summed E-state index contributed by atoms with van der Waals surface area (Å²) in [4.78, 5) is 10.3. The van der Waals surface area contributed by atoms with Crippen molar-refractivity contribution in [2.24, 2.45) is 0 Å². The number of ether oxygens (including phenoxy) is 1. The number of piperidine rings is 1. The highest BCUT2D eigenvalue weighted by atomic mass is 19.4. The number of alkyl halides is 3. The van der Waals surface area contributed by atoms with Gasteiger partial charge in [0.1, 0.15) is 6.61 Å². The molecule has 1 aromatic heterocycles. The maximum atomic E-state index is 13.1. The first kappa shape index (κ1) is 18.4. The second-order valence-corrected chi connectivity index (χ2v) is 6.35. The molecule has 0 saturated carbocycles. The molecule has 0 unspecified atom stereocenters. The third-order valence-electron chi connectivity index (χ3n) is 4.39. The Kier molecular flexibility index (Phi) is 5.31. The van der Waals surface area contributed by atoms with E-state index in [1.807, 2.05) is 4.90 Å². The fraction of sp³-hybridized carbons (Fsp3) is 0.444. The van der Waals surface area contributed by atoms with Crippen molar-refractivity contribution in [2.45, 2.75) is 38.7 Å². The van der Waals surface area contributed by atoms with Crippen LogP contribution in [-0.4, -0.2) is 34.3 Å². The summed E-state index contributed by atoms with van der Waals surface area (Å²) in [6, 6.07) is 4.05. The van der Waals surface area contributed by atoms with E-state index in [0.717, 1.165) is 25.5 Å². The van der Waals surface area contributed by atoms with Crippen LogP contribution in [0.1, 0.15) is 29.5 Å². The largest absolute Gasteiger partial charge is 0.486 e. The second kappa shape index (κ2) is 7.49. The molecule has 1 saturated heterocycles. The molecule has 0 aliphatic carbocycles. The number of rotatable bonds is 4. The fourth-order valence-corrected chi connectivity index (χ4v) is 3.00. The number of aryl methyl sites for hydroxylation is 1. The van der Waals surface area contributed by atoms with E-state index < -0.39 is 17.8 Å². The number of anilines is 1. The number of benzene rings is 1. The van der Waals surface area contributed by atoms with E-state index in [1.54, 1.807) is 13.0 Å². The van der Waals surface area contributed by atoms with Crippen LogP contribution < -0.4 is 9.64 Å². The van der Waals surface area contributed by atoms with E-state index in [0.29, 0.717) is 23.8 Å². The first-order valence-electron chi connectivity index (χ1n) is 8.38. The van der Waals surface area contributed by atoms with Crippen LogP contribution >= 0.6 is 0 Å². The third kappa shape index (κ3) is 4.24. The Hall–Kier alpha value is -2.35. The normalized spacial score (nSPS) is 18.0. The van der Waals surface area contributed by atoms with Gasteiger partial charge in [0.15, 0.2) is 5.75 Å². The van der Waals surface area contributed by atoms with Crippen molar-refractivity contribution in [2.75, 3.05) is 18.0 Å². The molecule has 2 heterocycles. The standard InChI is InChI=1S/C18H20F3N3O2/c1-12-4-2-6-16(18(19,20)21)15(12)11-26-14-8-22-17(23-9-14)24-7-3-5-13(25)10-24/h2,4,6,8-9,13,25H,3,5,7,10-11H2,1H3/t13-/m0/s1. The van der Waals surface area contributed by atoms with Crippen LogP contribution in [0.4, 0.5) is 19.1 Å². The molecule has 26 heavy (non-hydrogen) atoms. The number of β-amino-alcohol motifs (C(OH)–C–C–N with tert-alkyl or cyclic N) is 1. The summed E-state index contributed by atoms with van der Waals surface area (Å²) in [5, 5.41) is 9.71. The minimum absolute atomic E-state index is 0.100. The van der Waals surface area contributed by atoms with Gasteiger partial charge in [0.2, 0.25) is 5.95 Å². The molecule has 1 atom stereocenters. The topological polar surface area (TPSA) is 58.5 Å². The highest BCUT2D eigenvalue weighted by Crippen LogP contribution is 2.33. The predicted octanol–water partition coefficient (Wildman–Crippen LogP) is 3.34. The second-order valence-electron chi connectivity index (χ2n) is 6.35. The minimum atomic E-state index is -4.43. The van der Waals surface area contributed by atoms with E-state index in [4.69, 9.17) is 4.74 Å². The lowest BCUT2D eigenvalue weighted by molar-refractivity contribution is -0.138. The zero-order valence-corrected chi connectivity index (χ0v) is 14.3. The molecule has 1 aliphatic heterocycles. The number of nitrogens with zero attached hydrogens (tertiary/aromatic N) is 3. The number of hydrogen-bond donors (Lipinski definition) is 1. The molecule has 140 valence electrons. The van der Waals surface area contributed by atoms with Gasteiger partial charge in [-0.25, -0.2) is 9.97 Å². The van der Waals surface area contributed by atoms with Gasteiger partial charge in [-0.05, 0) is 31.4 Å². The van der Waals surface area contributed by atoms with Crippen LogP contribution in [0, 0.1) is 6.92 Å². The first-order chi connectivity index (χ1) is 12.3. The predicted molar refractivity (Wildman–Crippen MR) is 90.0 cm³/mol. The van der Waals surface area contributed by atoms with E-state index in [-0.39, 0.29) is 12.2 Å². The molecular weight excluding hydrogens is 347 g/mol. The number of aromatic nitrogens is 2. The average Bonchev–Trinajstić information content (AvgIpc) is 2.60. The molecule has 2 aromatic rings. The smallest absolute Gasteiger partial charge is 0.416 e. The van der Waals surface area contributed by atoms with Crippen LogP contribution in [0.15, 0.2) is 30.6 Å². The van der Waals surface area contributed by atoms with Crippen molar-refractivity contribution in [3.8, 4) is 5.75 Å². The molecule has 0 bridgehead atoms. The van der Waals surface area contributed by atoms with Crippen LogP contribution in [0.5, 0.6) is 5.75 Å². The van der Waals surface area contributed by atoms with Crippen molar-refractivity contribution >= 4 is 5.95 Å². The first-order valence-corrected chi connectivity index (χ1v) is 8.38. The lowest BCUT2D eigenvalue weighted by Crippen LogP contribution is -2.39.